The molecule has 3 rings (SSSR count). The van der Waals surface area contributed by atoms with Crippen molar-refractivity contribution < 1.29 is 4.74 Å². The van der Waals surface area contributed by atoms with Crippen molar-refractivity contribution in [3.05, 3.63) is 42.4 Å². The molecule has 0 aliphatic heterocycles. The molecular weight excluding hydrogens is 356 g/mol. The number of methoxy groups -OCH3 is 1. The number of aromatic nitrogens is 4. The molecule has 0 saturated carbocycles. The Labute approximate surface area is 164 Å². The predicted octanol–water partition coefficient (Wildman–Crippen LogP) is 1.19. The number of guanidine groups is 1. The van der Waals surface area contributed by atoms with E-state index in [-0.39, 0.29) is 0 Å². The number of nitrogens with one attached hydrogen (secondary N) is 3. The third-order valence-corrected chi connectivity index (χ3v) is 4.33. The van der Waals surface area contributed by atoms with Crippen LogP contribution in [0.3, 0.4) is 0 Å². The third kappa shape index (κ3) is 4.87. The molecule has 0 unspecified atom stereocenters. The van der Waals surface area contributed by atoms with E-state index in [1.807, 2.05) is 19.2 Å². The standard InChI is InChI=1S/C19H26N8O/c1-20-19(22-9-8-14-4-6-15(28-3)7-5-14)23-11-10-21-17-16-12-26-27(2)18(16)25-13-24-17/h4-7,12-13H,8-11H2,1-3H3,(H2,20,22,23)(H,21,24,25). The Morgan fingerprint density at radius 3 is 2.64 bits per heavy atom. The van der Waals surface area contributed by atoms with E-state index in [0.717, 1.165) is 41.5 Å². The number of hydrogen-bond acceptors (Lipinski definition) is 6. The van der Waals surface area contributed by atoms with E-state index in [4.69, 9.17) is 4.74 Å². The largest absolute Gasteiger partial charge is 0.497 e. The average Bonchev–Trinajstić information content (AvgIpc) is 3.12. The molecule has 9 heteroatoms. The van der Waals surface area contributed by atoms with Gasteiger partial charge in [-0.1, -0.05) is 12.1 Å². The van der Waals surface area contributed by atoms with Crippen LogP contribution >= 0.6 is 0 Å². The summed E-state index contributed by atoms with van der Waals surface area (Å²) in [6.45, 7) is 2.19. The van der Waals surface area contributed by atoms with Crippen molar-refractivity contribution in [2.75, 3.05) is 39.1 Å². The summed E-state index contributed by atoms with van der Waals surface area (Å²) in [5.74, 6) is 2.42. The highest BCUT2D eigenvalue weighted by molar-refractivity contribution is 5.86. The molecule has 0 aliphatic carbocycles. The molecule has 0 bridgehead atoms. The fourth-order valence-electron chi connectivity index (χ4n) is 2.80. The Morgan fingerprint density at radius 2 is 1.89 bits per heavy atom. The number of benzene rings is 1. The molecule has 2 aromatic heterocycles. The summed E-state index contributed by atoms with van der Waals surface area (Å²) >= 11 is 0. The van der Waals surface area contributed by atoms with Crippen LogP contribution in [-0.2, 0) is 13.5 Å². The molecular formula is C19H26N8O. The predicted molar refractivity (Wildman–Crippen MR) is 111 cm³/mol. The number of fused-ring (bicyclic) bond motifs is 1. The zero-order valence-electron chi connectivity index (χ0n) is 16.4. The number of nitrogens with zero attached hydrogens (tertiary/aromatic N) is 5. The molecule has 9 nitrogen and oxygen atoms in total. The number of anilines is 1. The first kappa shape index (κ1) is 19.4. The van der Waals surface area contributed by atoms with Gasteiger partial charge in [0.1, 0.15) is 17.9 Å². The fraction of sp³-hybridized carbons (Fsp3) is 0.368. The smallest absolute Gasteiger partial charge is 0.191 e. The van der Waals surface area contributed by atoms with Crippen LogP contribution in [0.4, 0.5) is 5.82 Å². The van der Waals surface area contributed by atoms with E-state index >= 15 is 0 Å². The second-order valence-electron chi connectivity index (χ2n) is 6.18. The van der Waals surface area contributed by atoms with Crippen molar-refractivity contribution in [2.45, 2.75) is 6.42 Å². The second-order valence-corrected chi connectivity index (χ2v) is 6.18. The number of hydrogen-bond donors (Lipinski definition) is 3. The van der Waals surface area contributed by atoms with Crippen molar-refractivity contribution in [1.82, 2.24) is 30.4 Å². The topological polar surface area (TPSA) is 101 Å². The fourth-order valence-corrected chi connectivity index (χ4v) is 2.80. The Bertz CT molecular complexity index is 919. The molecule has 0 atom stereocenters. The minimum absolute atomic E-state index is 0.695. The van der Waals surface area contributed by atoms with E-state index in [0.29, 0.717) is 13.1 Å². The lowest BCUT2D eigenvalue weighted by atomic mass is 10.1. The Balaban J connectivity index is 1.40. The Hall–Kier alpha value is -3.36. The van der Waals surface area contributed by atoms with Gasteiger partial charge in [-0.25, -0.2) is 9.97 Å². The van der Waals surface area contributed by atoms with Gasteiger partial charge in [-0.05, 0) is 24.1 Å². The molecule has 3 N–H and O–H groups in total. The molecule has 28 heavy (non-hydrogen) atoms. The van der Waals surface area contributed by atoms with Gasteiger partial charge in [0.15, 0.2) is 11.6 Å². The molecule has 0 amide bonds. The first-order valence-corrected chi connectivity index (χ1v) is 9.15. The van der Waals surface area contributed by atoms with Gasteiger partial charge in [0, 0.05) is 33.7 Å². The molecule has 148 valence electrons. The molecule has 3 aromatic rings. The van der Waals surface area contributed by atoms with Crippen LogP contribution in [0.2, 0.25) is 0 Å². The highest BCUT2D eigenvalue weighted by atomic mass is 16.5. The maximum Gasteiger partial charge on any atom is 0.191 e. The van der Waals surface area contributed by atoms with Gasteiger partial charge >= 0.3 is 0 Å². The third-order valence-electron chi connectivity index (χ3n) is 4.33. The molecule has 0 radical (unpaired) electrons. The van der Waals surface area contributed by atoms with Crippen molar-refractivity contribution in [1.29, 1.82) is 0 Å². The van der Waals surface area contributed by atoms with Crippen LogP contribution in [0, 0.1) is 0 Å². The minimum atomic E-state index is 0.695. The SMILES string of the molecule is CN=C(NCCNc1ncnc2c1cnn2C)NCCc1ccc(OC)cc1. The van der Waals surface area contributed by atoms with Crippen LogP contribution in [0.15, 0.2) is 41.8 Å². The summed E-state index contributed by atoms with van der Waals surface area (Å²) in [7, 11) is 5.30. The van der Waals surface area contributed by atoms with E-state index in [1.54, 1.807) is 31.4 Å². The van der Waals surface area contributed by atoms with Gasteiger partial charge < -0.3 is 20.7 Å². The van der Waals surface area contributed by atoms with E-state index in [2.05, 4.69) is 48.1 Å². The summed E-state index contributed by atoms with van der Waals surface area (Å²) < 4.78 is 6.91. The van der Waals surface area contributed by atoms with Crippen LogP contribution in [0.25, 0.3) is 11.0 Å². The number of aliphatic imine (C=N–C) groups is 1. The van der Waals surface area contributed by atoms with Gasteiger partial charge in [0.25, 0.3) is 0 Å². The van der Waals surface area contributed by atoms with Crippen molar-refractivity contribution in [3.8, 4) is 5.75 Å². The lowest BCUT2D eigenvalue weighted by Crippen LogP contribution is -2.40. The Kier molecular flexibility index (Phi) is 6.61. The number of rotatable bonds is 8. The highest BCUT2D eigenvalue weighted by Gasteiger charge is 2.07. The summed E-state index contributed by atoms with van der Waals surface area (Å²) in [4.78, 5) is 12.8. The monoisotopic (exact) mass is 382 g/mol. The molecule has 0 spiro atoms. The zero-order chi connectivity index (χ0) is 19.8. The van der Waals surface area contributed by atoms with Crippen molar-refractivity contribution >= 4 is 22.8 Å². The van der Waals surface area contributed by atoms with E-state index < -0.39 is 0 Å². The molecule has 2 heterocycles. The lowest BCUT2D eigenvalue weighted by molar-refractivity contribution is 0.414. The molecule has 1 aromatic carbocycles. The van der Waals surface area contributed by atoms with Gasteiger partial charge in [0.05, 0.1) is 18.7 Å². The second kappa shape index (κ2) is 9.54. The lowest BCUT2D eigenvalue weighted by Gasteiger charge is -2.13. The maximum absolute atomic E-state index is 5.18. The van der Waals surface area contributed by atoms with Crippen molar-refractivity contribution in [2.24, 2.45) is 12.0 Å². The Morgan fingerprint density at radius 1 is 1.11 bits per heavy atom. The minimum Gasteiger partial charge on any atom is -0.497 e. The molecule has 0 aliphatic rings. The summed E-state index contributed by atoms with van der Waals surface area (Å²) in [6, 6.07) is 8.09. The highest BCUT2D eigenvalue weighted by Crippen LogP contribution is 2.17. The average molecular weight is 382 g/mol. The van der Waals surface area contributed by atoms with Crippen molar-refractivity contribution in [3.63, 3.8) is 0 Å². The molecule has 0 fully saturated rings. The quantitative estimate of drug-likeness (QED) is 0.306. The van der Waals surface area contributed by atoms with Crippen LogP contribution in [0.5, 0.6) is 5.75 Å². The number of ether oxygens (including phenoxy) is 1. The van der Waals surface area contributed by atoms with Gasteiger partial charge in [-0.15, -0.1) is 0 Å². The first-order valence-electron chi connectivity index (χ1n) is 9.15. The number of aryl methyl sites for hydroxylation is 1. The molecule has 0 saturated heterocycles. The van der Waals surface area contributed by atoms with Gasteiger partial charge in [-0.2, -0.15) is 5.10 Å². The summed E-state index contributed by atoms with van der Waals surface area (Å²) in [5.41, 5.74) is 2.05. The normalized spacial score (nSPS) is 11.5. The van der Waals surface area contributed by atoms with Gasteiger partial charge in [0.2, 0.25) is 0 Å². The van der Waals surface area contributed by atoms with Crippen LogP contribution in [0.1, 0.15) is 5.56 Å². The van der Waals surface area contributed by atoms with Crippen LogP contribution in [-0.4, -0.2) is 59.5 Å². The van der Waals surface area contributed by atoms with Crippen LogP contribution < -0.4 is 20.7 Å². The summed E-state index contributed by atoms with van der Waals surface area (Å²) in [5, 5.41) is 15.0. The van der Waals surface area contributed by atoms with Gasteiger partial charge in [-0.3, -0.25) is 9.67 Å². The zero-order valence-corrected chi connectivity index (χ0v) is 16.4. The maximum atomic E-state index is 5.18. The van der Waals surface area contributed by atoms with E-state index in [1.165, 1.54) is 5.56 Å². The van der Waals surface area contributed by atoms with E-state index in [9.17, 15) is 0 Å². The first-order chi connectivity index (χ1) is 13.7. The summed E-state index contributed by atoms with van der Waals surface area (Å²) in [6.07, 6.45) is 4.22.